The van der Waals surface area contributed by atoms with Gasteiger partial charge in [0.15, 0.2) is 0 Å². The van der Waals surface area contributed by atoms with E-state index in [1.807, 2.05) is 25.1 Å². The maximum absolute atomic E-state index is 9.00. The Bertz CT molecular complexity index is 875. The zero-order chi connectivity index (χ0) is 15.0. The molecule has 2 aromatic carbocycles. The van der Waals surface area contributed by atoms with Gasteiger partial charge in [-0.1, -0.05) is 29.3 Å². The quantitative estimate of drug-likeness (QED) is 0.674. The number of nitriles is 1. The van der Waals surface area contributed by atoms with Gasteiger partial charge in [-0.2, -0.15) is 5.26 Å². The van der Waals surface area contributed by atoms with Gasteiger partial charge in [-0.3, -0.25) is 0 Å². The van der Waals surface area contributed by atoms with Gasteiger partial charge in [0.25, 0.3) is 0 Å². The molecule has 0 aliphatic carbocycles. The van der Waals surface area contributed by atoms with Gasteiger partial charge in [-0.05, 0) is 37.3 Å². The molecule has 5 heteroatoms. The van der Waals surface area contributed by atoms with Crippen molar-refractivity contribution in [1.82, 2.24) is 9.55 Å². The topological polar surface area (TPSA) is 41.6 Å². The Labute approximate surface area is 132 Å². The molecule has 1 aromatic heterocycles. The summed E-state index contributed by atoms with van der Waals surface area (Å²) in [6.07, 6.45) is 0. The summed E-state index contributed by atoms with van der Waals surface area (Å²) in [5.74, 6) is 0.759. The summed E-state index contributed by atoms with van der Waals surface area (Å²) in [7, 11) is 0. The van der Waals surface area contributed by atoms with Gasteiger partial charge in [0.05, 0.1) is 32.7 Å². The van der Waals surface area contributed by atoms with Gasteiger partial charge in [-0.15, -0.1) is 0 Å². The molecule has 104 valence electrons. The molecule has 0 saturated heterocycles. The zero-order valence-corrected chi connectivity index (χ0v) is 12.8. The van der Waals surface area contributed by atoms with Crippen molar-refractivity contribution in [1.29, 1.82) is 5.26 Å². The van der Waals surface area contributed by atoms with Crippen LogP contribution in [0.25, 0.3) is 22.4 Å². The summed E-state index contributed by atoms with van der Waals surface area (Å²) >= 11 is 12.4. The number of halogens is 2. The fraction of sp³-hybridized carbons (Fsp3) is 0.125. The smallest absolute Gasteiger partial charge is 0.142 e. The highest BCUT2D eigenvalue weighted by Crippen LogP contribution is 2.34. The van der Waals surface area contributed by atoms with E-state index in [-0.39, 0.29) is 0 Å². The van der Waals surface area contributed by atoms with Crippen molar-refractivity contribution >= 4 is 34.2 Å². The van der Waals surface area contributed by atoms with Crippen LogP contribution < -0.4 is 0 Å². The Morgan fingerprint density at radius 3 is 2.76 bits per heavy atom. The minimum absolute atomic E-state index is 0.490. The average molecular weight is 316 g/mol. The molecule has 1 heterocycles. The molecule has 3 aromatic rings. The maximum Gasteiger partial charge on any atom is 0.142 e. The van der Waals surface area contributed by atoms with Crippen LogP contribution in [0.2, 0.25) is 10.0 Å². The van der Waals surface area contributed by atoms with Gasteiger partial charge in [0.2, 0.25) is 0 Å². The van der Waals surface area contributed by atoms with E-state index >= 15 is 0 Å². The van der Waals surface area contributed by atoms with E-state index in [1.54, 1.807) is 18.2 Å². The van der Waals surface area contributed by atoms with E-state index < -0.39 is 0 Å². The minimum Gasteiger partial charge on any atom is -0.324 e. The van der Waals surface area contributed by atoms with Crippen molar-refractivity contribution in [3.8, 4) is 17.5 Å². The van der Waals surface area contributed by atoms with E-state index in [0.29, 0.717) is 15.6 Å². The van der Waals surface area contributed by atoms with Crippen LogP contribution in [0.1, 0.15) is 12.5 Å². The van der Waals surface area contributed by atoms with Crippen molar-refractivity contribution < 1.29 is 0 Å². The van der Waals surface area contributed by atoms with Crippen molar-refractivity contribution in [2.75, 3.05) is 0 Å². The highest BCUT2D eigenvalue weighted by Gasteiger charge is 2.15. The van der Waals surface area contributed by atoms with Gasteiger partial charge in [-0.25, -0.2) is 4.98 Å². The second kappa shape index (κ2) is 5.40. The Kier molecular flexibility index (Phi) is 3.59. The number of hydrogen-bond donors (Lipinski definition) is 0. The first kappa shape index (κ1) is 13.9. The summed E-state index contributed by atoms with van der Waals surface area (Å²) < 4.78 is 2.06. The molecule has 21 heavy (non-hydrogen) atoms. The molecule has 0 saturated carbocycles. The highest BCUT2D eigenvalue weighted by molar-refractivity contribution is 6.43. The van der Waals surface area contributed by atoms with Crippen LogP contribution in [0.4, 0.5) is 0 Å². The molecule has 3 nitrogen and oxygen atoms in total. The molecule has 0 amide bonds. The monoisotopic (exact) mass is 315 g/mol. The Morgan fingerprint density at radius 1 is 1.24 bits per heavy atom. The fourth-order valence-electron chi connectivity index (χ4n) is 2.40. The van der Waals surface area contributed by atoms with Crippen LogP contribution in [0.5, 0.6) is 0 Å². The van der Waals surface area contributed by atoms with E-state index in [4.69, 9.17) is 28.5 Å². The third-order valence-corrected chi connectivity index (χ3v) is 4.20. The lowest BCUT2D eigenvalue weighted by Gasteiger charge is -2.08. The van der Waals surface area contributed by atoms with Crippen LogP contribution in [0, 0.1) is 11.3 Å². The molecule has 0 aliphatic heterocycles. The fourth-order valence-corrected chi connectivity index (χ4v) is 2.79. The van der Waals surface area contributed by atoms with Crippen molar-refractivity contribution in [3.63, 3.8) is 0 Å². The van der Waals surface area contributed by atoms with Gasteiger partial charge >= 0.3 is 0 Å². The molecule has 0 N–H and O–H groups in total. The second-order valence-corrected chi connectivity index (χ2v) is 5.38. The van der Waals surface area contributed by atoms with Crippen LogP contribution in [0.15, 0.2) is 36.4 Å². The lowest BCUT2D eigenvalue weighted by atomic mass is 10.2. The normalized spacial score (nSPS) is 10.8. The van der Waals surface area contributed by atoms with Crippen molar-refractivity contribution in [2.45, 2.75) is 13.5 Å². The zero-order valence-electron chi connectivity index (χ0n) is 11.3. The van der Waals surface area contributed by atoms with Crippen molar-refractivity contribution in [3.05, 3.63) is 52.0 Å². The maximum atomic E-state index is 9.00. The lowest BCUT2D eigenvalue weighted by molar-refractivity contribution is 0.796. The Morgan fingerprint density at radius 2 is 2.05 bits per heavy atom. The average Bonchev–Trinajstić information content (AvgIpc) is 2.87. The standard InChI is InChI=1S/C16H11Cl2N3/c1-2-21-14-7-6-10(9-19)8-13(14)20-16(21)11-4-3-5-12(17)15(11)18/h3-8H,2H2,1H3. The number of imidazole rings is 1. The summed E-state index contributed by atoms with van der Waals surface area (Å²) in [5, 5.41) is 10.00. The number of aromatic nitrogens is 2. The third-order valence-electron chi connectivity index (χ3n) is 3.39. The first-order valence-corrected chi connectivity index (χ1v) is 7.26. The number of hydrogen-bond acceptors (Lipinski definition) is 2. The van der Waals surface area contributed by atoms with Crippen LogP contribution in [-0.2, 0) is 6.54 Å². The van der Waals surface area contributed by atoms with E-state index in [9.17, 15) is 0 Å². The summed E-state index contributed by atoms with van der Waals surface area (Å²) in [4.78, 5) is 4.63. The molecule has 0 aliphatic rings. The number of aryl methyl sites for hydroxylation is 1. The first-order chi connectivity index (χ1) is 10.2. The number of fused-ring (bicyclic) bond motifs is 1. The summed E-state index contributed by atoms with van der Waals surface area (Å²) in [5.41, 5.74) is 3.14. The minimum atomic E-state index is 0.490. The van der Waals surface area contributed by atoms with E-state index in [1.165, 1.54) is 0 Å². The molecule has 3 rings (SSSR count). The largest absolute Gasteiger partial charge is 0.324 e. The number of nitrogens with zero attached hydrogens (tertiary/aromatic N) is 3. The Hall–Kier alpha value is -2.02. The Balaban J connectivity index is 2.32. The van der Waals surface area contributed by atoms with Crippen LogP contribution in [-0.4, -0.2) is 9.55 Å². The van der Waals surface area contributed by atoms with Gasteiger partial charge < -0.3 is 4.57 Å². The number of benzene rings is 2. The molecular formula is C16H11Cl2N3. The predicted molar refractivity (Wildman–Crippen MR) is 85.6 cm³/mol. The molecular weight excluding hydrogens is 305 g/mol. The molecule has 0 bridgehead atoms. The lowest BCUT2D eigenvalue weighted by Crippen LogP contribution is -1.98. The highest BCUT2D eigenvalue weighted by atomic mass is 35.5. The van der Waals surface area contributed by atoms with Crippen LogP contribution in [0.3, 0.4) is 0 Å². The number of rotatable bonds is 2. The van der Waals surface area contributed by atoms with Gasteiger partial charge in [0, 0.05) is 12.1 Å². The van der Waals surface area contributed by atoms with Crippen molar-refractivity contribution in [2.24, 2.45) is 0 Å². The SMILES string of the molecule is CCn1c(-c2cccc(Cl)c2Cl)nc2cc(C#N)ccc21. The van der Waals surface area contributed by atoms with Crippen LogP contribution >= 0.6 is 23.2 Å². The molecule has 0 atom stereocenters. The first-order valence-electron chi connectivity index (χ1n) is 6.50. The summed E-state index contributed by atoms with van der Waals surface area (Å²) in [6.45, 7) is 2.79. The molecule has 0 radical (unpaired) electrons. The van der Waals surface area contributed by atoms with Gasteiger partial charge in [0.1, 0.15) is 5.82 Å². The third kappa shape index (κ3) is 2.27. The molecule has 0 unspecified atom stereocenters. The van der Waals surface area contributed by atoms with E-state index in [2.05, 4.69) is 15.6 Å². The summed E-state index contributed by atoms with van der Waals surface area (Å²) in [6, 6.07) is 13.1. The predicted octanol–water partition coefficient (Wildman–Crippen LogP) is 4.90. The molecule has 0 fully saturated rings. The molecule has 0 spiro atoms. The van der Waals surface area contributed by atoms with E-state index in [0.717, 1.165) is 29.0 Å². The second-order valence-electron chi connectivity index (χ2n) is 4.60.